The Morgan fingerprint density at radius 2 is 1.93 bits per heavy atom. The number of ether oxygens (including phenoxy) is 2. The highest BCUT2D eigenvalue weighted by Crippen LogP contribution is 2.42. The zero-order chi connectivity index (χ0) is 28.2. The lowest BCUT2D eigenvalue weighted by Gasteiger charge is -2.37. The first-order chi connectivity index (χ1) is 19.3. The second kappa shape index (κ2) is 12.8. The van der Waals surface area contributed by atoms with Gasteiger partial charge in [-0.3, -0.25) is 14.4 Å². The third-order valence-electron chi connectivity index (χ3n) is 7.50. The van der Waals surface area contributed by atoms with Crippen molar-refractivity contribution in [1.82, 2.24) is 10.6 Å². The first kappa shape index (κ1) is 28.7. The number of nitrogens with zero attached hydrogens (tertiary/aromatic N) is 1. The lowest BCUT2D eigenvalue weighted by molar-refractivity contribution is -0.125. The summed E-state index contributed by atoms with van der Waals surface area (Å²) in [5.74, 6) is -0.504. The summed E-state index contributed by atoms with van der Waals surface area (Å²) in [4.78, 5) is 40.4. The molecule has 9 nitrogen and oxygen atoms in total. The minimum Gasteiger partial charge on any atom is -0.433 e. The van der Waals surface area contributed by atoms with E-state index in [1.165, 1.54) is 17.0 Å². The van der Waals surface area contributed by atoms with Crippen LogP contribution in [0.15, 0.2) is 30.3 Å². The third-order valence-corrected chi connectivity index (χ3v) is 8.73. The molecule has 40 heavy (non-hydrogen) atoms. The number of alkyl halides is 2. The number of carbonyl (C=O) groups excluding carboxylic acids is 3. The highest BCUT2D eigenvalue weighted by atomic mass is 35.5. The van der Waals surface area contributed by atoms with Gasteiger partial charge in [0, 0.05) is 30.9 Å². The van der Waals surface area contributed by atoms with Crippen LogP contribution in [0.2, 0.25) is 4.34 Å². The molecule has 216 valence electrons. The first-order valence-corrected chi connectivity index (χ1v) is 14.6. The molecule has 2 atom stereocenters. The summed E-state index contributed by atoms with van der Waals surface area (Å²) < 4.78 is 37.0. The maximum atomic E-state index is 13.6. The van der Waals surface area contributed by atoms with E-state index < -0.39 is 18.6 Å². The molecule has 1 aliphatic heterocycles. The van der Waals surface area contributed by atoms with Gasteiger partial charge in [0.15, 0.2) is 5.75 Å². The number of carbonyl (C=O) groups is 3. The maximum absolute atomic E-state index is 13.6. The Kier molecular flexibility index (Phi) is 9.19. The molecule has 1 unspecified atom stereocenters. The number of hydrogen-bond donors (Lipinski definition) is 3. The molecule has 3 amide bonds. The molecule has 1 saturated heterocycles. The highest BCUT2D eigenvalue weighted by molar-refractivity contribution is 7.18. The minimum atomic E-state index is -3.14. The number of nitrogens with one attached hydrogen (secondary N) is 3. The van der Waals surface area contributed by atoms with E-state index >= 15 is 0 Å². The number of amides is 3. The second-order valence-corrected chi connectivity index (χ2v) is 11.9. The Bertz CT molecular complexity index is 1240. The fourth-order valence-electron chi connectivity index (χ4n) is 5.08. The average Bonchev–Trinajstić information content (AvgIpc) is 3.65. The van der Waals surface area contributed by atoms with Crippen LogP contribution in [0.5, 0.6) is 5.75 Å². The number of hydrogen-bond acceptors (Lipinski definition) is 7. The molecule has 0 radical (unpaired) electrons. The second-order valence-electron chi connectivity index (χ2n) is 10.2. The Labute approximate surface area is 239 Å². The van der Waals surface area contributed by atoms with Gasteiger partial charge in [-0.15, -0.1) is 11.3 Å². The van der Waals surface area contributed by atoms with Gasteiger partial charge in [0.05, 0.1) is 21.5 Å². The Morgan fingerprint density at radius 3 is 2.55 bits per heavy atom. The van der Waals surface area contributed by atoms with Crippen molar-refractivity contribution in [2.45, 2.75) is 50.8 Å². The molecule has 5 rings (SSSR count). The molecule has 0 bridgehead atoms. The number of benzene rings is 1. The number of rotatable bonds is 12. The fraction of sp³-hybridized carbons (Fsp3) is 0.519. The van der Waals surface area contributed by atoms with Gasteiger partial charge < -0.3 is 30.3 Å². The molecule has 1 aromatic carbocycles. The van der Waals surface area contributed by atoms with Crippen molar-refractivity contribution in [3.8, 4) is 5.75 Å². The van der Waals surface area contributed by atoms with E-state index in [0.717, 1.165) is 43.4 Å². The molecule has 0 spiro atoms. The molecule has 2 aromatic rings. The fourth-order valence-corrected chi connectivity index (χ4v) is 6.04. The SMILES string of the molecule is O=C(NC[C@@H](NC(C1CCC1)C1CC1)C(=O)Nc1ccc(N2CCOCC2=O)cc1OC(F)F)c1ccc(Cl)s1. The highest BCUT2D eigenvalue weighted by Gasteiger charge is 2.41. The van der Waals surface area contributed by atoms with E-state index in [2.05, 4.69) is 16.0 Å². The van der Waals surface area contributed by atoms with Crippen LogP contribution in [-0.4, -0.2) is 62.7 Å². The molecular weight excluding hydrogens is 566 g/mol. The number of morpholine rings is 1. The molecule has 3 fully saturated rings. The van der Waals surface area contributed by atoms with Crippen LogP contribution in [0.25, 0.3) is 0 Å². The molecule has 3 aliphatic rings. The largest absolute Gasteiger partial charge is 0.433 e. The zero-order valence-corrected chi connectivity index (χ0v) is 23.2. The van der Waals surface area contributed by atoms with Crippen molar-refractivity contribution < 1.29 is 32.6 Å². The van der Waals surface area contributed by atoms with Crippen LogP contribution in [0.1, 0.15) is 41.8 Å². The van der Waals surface area contributed by atoms with Gasteiger partial charge in [-0.2, -0.15) is 8.78 Å². The Hall–Kier alpha value is -2.80. The van der Waals surface area contributed by atoms with Gasteiger partial charge in [0.1, 0.15) is 12.6 Å². The van der Waals surface area contributed by atoms with E-state index in [1.807, 2.05) is 0 Å². The minimum absolute atomic E-state index is 0.0124. The van der Waals surface area contributed by atoms with E-state index in [1.54, 1.807) is 18.2 Å². The summed E-state index contributed by atoms with van der Waals surface area (Å²) in [5, 5.41) is 8.99. The van der Waals surface area contributed by atoms with Crippen molar-refractivity contribution in [2.24, 2.45) is 11.8 Å². The van der Waals surface area contributed by atoms with Gasteiger partial charge in [-0.25, -0.2) is 0 Å². The summed E-state index contributed by atoms with van der Waals surface area (Å²) in [6.45, 7) is -2.68. The lowest BCUT2D eigenvalue weighted by Crippen LogP contribution is -2.55. The van der Waals surface area contributed by atoms with Crippen LogP contribution < -0.4 is 25.6 Å². The predicted octanol–water partition coefficient (Wildman–Crippen LogP) is 4.27. The van der Waals surface area contributed by atoms with Crippen molar-refractivity contribution >= 4 is 52.0 Å². The van der Waals surface area contributed by atoms with Crippen LogP contribution in [-0.2, 0) is 14.3 Å². The quantitative estimate of drug-likeness (QED) is 0.338. The third kappa shape index (κ3) is 7.09. The summed E-state index contributed by atoms with van der Waals surface area (Å²) in [5.41, 5.74) is 0.391. The lowest BCUT2D eigenvalue weighted by atomic mass is 9.77. The maximum Gasteiger partial charge on any atom is 0.387 e. The normalized spacial score (nSPS) is 19.2. The summed E-state index contributed by atoms with van der Waals surface area (Å²) >= 11 is 7.10. The topological polar surface area (TPSA) is 109 Å². The van der Waals surface area contributed by atoms with E-state index in [9.17, 15) is 23.2 Å². The van der Waals surface area contributed by atoms with Crippen LogP contribution in [0, 0.1) is 11.8 Å². The zero-order valence-electron chi connectivity index (χ0n) is 21.7. The van der Waals surface area contributed by atoms with E-state index in [-0.39, 0.29) is 49.0 Å². The van der Waals surface area contributed by atoms with Gasteiger partial charge in [-0.1, -0.05) is 18.0 Å². The predicted molar refractivity (Wildman–Crippen MR) is 147 cm³/mol. The molecule has 1 aromatic heterocycles. The van der Waals surface area contributed by atoms with E-state index in [0.29, 0.717) is 33.3 Å². The Balaban J connectivity index is 1.34. The van der Waals surface area contributed by atoms with E-state index in [4.69, 9.17) is 21.1 Å². The van der Waals surface area contributed by atoms with Crippen molar-refractivity contribution in [3.63, 3.8) is 0 Å². The van der Waals surface area contributed by atoms with Gasteiger partial charge in [0.25, 0.3) is 11.8 Å². The van der Waals surface area contributed by atoms with Crippen LogP contribution >= 0.6 is 22.9 Å². The molecule has 2 saturated carbocycles. The molecule has 2 aliphatic carbocycles. The van der Waals surface area contributed by atoms with Gasteiger partial charge in [0.2, 0.25) is 5.91 Å². The standard InChI is InChI=1S/C27H31ClF2N4O5S/c28-22-9-8-21(40-22)26(37)31-13-19(32-24(16-4-5-16)15-2-1-3-15)25(36)33-18-7-6-17(12-20(18)39-27(29)30)34-10-11-38-14-23(34)35/h6-9,12,15-16,19,24,27,32H,1-5,10-11,13-14H2,(H,31,37)(H,33,36)/t19-,24?/m1/s1. The summed E-state index contributed by atoms with van der Waals surface area (Å²) in [7, 11) is 0. The van der Waals surface area contributed by atoms with Crippen molar-refractivity contribution in [1.29, 1.82) is 0 Å². The van der Waals surface area contributed by atoms with Crippen LogP contribution in [0.4, 0.5) is 20.2 Å². The smallest absolute Gasteiger partial charge is 0.387 e. The molecule has 2 heterocycles. The average molecular weight is 597 g/mol. The summed E-state index contributed by atoms with van der Waals surface area (Å²) in [6, 6.07) is 6.83. The molecule has 13 heteroatoms. The van der Waals surface area contributed by atoms with Gasteiger partial charge >= 0.3 is 6.61 Å². The number of thiophene rings is 1. The number of halogens is 3. The van der Waals surface area contributed by atoms with Crippen molar-refractivity contribution in [3.05, 3.63) is 39.5 Å². The summed E-state index contributed by atoms with van der Waals surface area (Å²) in [6.07, 6.45) is 5.47. The Morgan fingerprint density at radius 1 is 1.15 bits per heavy atom. The van der Waals surface area contributed by atoms with Crippen molar-refractivity contribution in [2.75, 3.05) is 36.5 Å². The first-order valence-electron chi connectivity index (χ1n) is 13.4. The molecule has 3 N–H and O–H groups in total. The number of anilines is 2. The van der Waals surface area contributed by atoms with Gasteiger partial charge in [-0.05, 0) is 61.8 Å². The van der Waals surface area contributed by atoms with Crippen LogP contribution in [0.3, 0.4) is 0 Å². The monoisotopic (exact) mass is 596 g/mol. The molecular formula is C27H31ClF2N4O5S.